The highest BCUT2D eigenvalue weighted by molar-refractivity contribution is 8.00. The monoisotopic (exact) mass is 314 g/mol. The molecule has 106 valence electrons. The molecule has 0 bridgehead atoms. The van der Waals surface area contributed by atoms with Crippen LogP contribution in [0.1, 0.15) is 5.56 Å². The van der Waals surface area contributed by atoms with Crippen LogP contribution in [0, 0.1) is 0 Å². The Morgan fingerprint density at radius 3 is 2.81 bits per heavy atom. The minimum absolute atomic E-state index is 0.00449. The summed E-state index contributed by atoms with van der Waals surface area (Å²) in [6, 6.07) is 15.6. The number of hydrogen-bond acceptors (Lipinski definition) is 4. The Balaban J connectivity index is 1.73. The van der Waals surface area contributed by atoms with Crippen LogP contribution in [-0.4, -0.2) is 17.1 Å². The highest BCUT2D eigenvalue weighted by Crippen LogP contribution is 2.29. The first-order valence-electron chi connectivity index (χ1n) is 6.53. The fraction of sp³-hybridized carbons (Fsp3) is 0.125. The molecule has 0 unspecified atom stereocenters. The first-order chi connectivity index (χ1) is 10.2. The van der Waals surface area contributed by atoms with Crippen molar-refractivity contribution in [1.82, 2.24) is 4.98 Å². The molecule has 0 aliphatic carbocycles. The maximum absolute atomic E-state index is 12.1. The average molecular weight is 314 g/mol. The molecule has 3 aromatic rings. The van der Waals surface area contributed by atoms with Crippen LogP contribution in [0.4, 0.5) is 5.69 Å². The maximum atomic E-state index is 12.1. The zero-order valence-corrected chi connectivity index (χ0v) is 13.1. The van der Waals surface area contributed by atoms with Crippen LogP contribution >= 0.6 is 23.1 Å². The Bertz CT molecular complexity index is 768. The number of amides is 1. The molecule has 1 N–H and O–H groups in total. The average Bonchev–Trinajstić information content (AvgIpc) is 2.90. The van der Waals surface area contributed by atoms with Gasteiger partial charge in [-0.05, 0) is 30.0 Å². The summed E-state index contributed by atoms with van der Waals surface area (Å²) in [5.74, 6) is -0.00449. The number of aromatic nitrogens is 1. The quantitative estimate of drug-likeness (QED) is 0.734. The molecule has 21 heavy (non-hydrogen) atoms. The number of carbonyl (C=O) groups excluding carboxylic acids is 1. The number of thioether (sulfide) groups is 1. The summed E-state index contributed by atoms with van der Waals surface area (Å²) in [4.78, 5) is 16.5. The van der Waals surface area contributed by atoms with E-state index in [9.17, 15) is 4.79 Å². The van der Waals surface area contributed by atoms with Crippen LogP contribution in [0.15, 0.2) is 52.9 Å². The molecule has 3 nitrogen and oxygen atoms in total. The molecule has 1 heterocycles. The number of hydrogen-bond donors (Lipinski definition) is 1. The van der Waals surface area contributed by atoms with Crippen molar-refractivity contribution in [3.63, 3.8) is 0 Å². The van der Waals surface area contributed by atoms with E-state index in [0.717, 1.165) is 25.8 Å². The highest BCUT2D eigenvalue weighted by Gasteiger charge is 2.07. The molecule has 2 aromatic carbocycles. The normalized spacial score (nSPS) is 10.7. The van der Waals surface area contributed by atoms with E-state index in [2.05, 4.69) is 10.3 Å². The lowest BCUT2D eigenvalue weighted by Gasteiger charge is -2.05. The third kappa shape index (κ3) is 3.43. The largest absolute Gasteiger partial charge is 0.326 e. The van der Waals surface area contributed by atoms with Gasteiger partial charge in [0.25, 0.3) is 0 Å². The predicted molar refractivity (Wildman–Crippen MR) is 90.2 cm³/mol. The molecule has 3 rings (SSSR count). The van der Waals surface area contributed by atoms with Crippen molar-refractivity contribution in [2.75, 3.05) is 11.6 Å². The van der Waals surface area contributed by atoms with Gasteiger partial charge in [-0.3, -0.25) is 4.79 Å². The van der Waals surface area contributed by atoms with Gasteiger partial charge in [0, 0.05) is 5.69 Å². The molecule has 1 aromatic heterocycles. The summed E-state index contributed by atoms with van der Waals surface area (Å²) < 4.78 is 2.13. The van der Waals surface area contributed by atoms with Crippen LogP contribution in [0.3, 0.4) is 0 Å². The van der Waals surface area contributed by atoms with Gasteiger partial charge in [-0.25, -0.2) is 4.98 Å². The zero-order valence-electron chi connectivity index (χ0n) is 11.5. The molecule has 0 aliphatic heterocycles. The van der Waals surface area contributed by atoms with Gasteiger partial charge in [0.05, 0.1) is 16.6 Å². The first kappa shape index (κ1) is 14.1. The van der Waals surface area contributed by atoms with Gasteiger partial charge in [-0.15, -0.1) is 11.3 Å². The van der Waals surface area contributed by atoms with Gasteiger partial charge < -0.3 is 5.32 Å². The van der Waals surface area contributed by atoms with Crippen molar-refractivity contribution in [1.29, 1.82) is 0 Å². The van der Waals surface area contributed by atoms with Gasteiger partial charge in [0.1, 0.15) is 0 Å². The molecular formula is C16H14N2OS2. The molecule has 0 saturated heterocycles. The number of nitrogens with zero attached hydrogens (tertiary/aromatic N) is 1. The van der Waals surface area contributed by atoms with E-state index in [1.54, 1.807) is 23.1 Å². The van der Waals surface area contributed by atoms with E-state index in [-0.39, 0.29) is 5.91 Å². The summed E-state index contributed by atoms with van der Waals surface area (Å²) >= 11 is 3.28. The Morgan fingerprint density at radius 1 is 1.24 bits per heavy atom. The smallest absolute Gasteiger partial charge is 0.228 e. The summed E-state index contributed by atoms with van der Waals surface area (Å²) in [5.41, 5.74) is 2.81. The summed E-state index contributed by atoms with van der Waals surface area (Å²) in [6.45, 7) is 0. The fourth-order valence-electron chi connectivity index (χ4n) is 2.05. The van der Waals surface area contributed by atoms with Crippen LogP contribution in [0.2, 0.25) is 0 Å². The Labute approximate surface area is 131 Å². The summed E-state index contributed by atoms with van der Waals surface area (Å²) in [5, 5.41) is 2.94. The van der Waals surface area contributed by atoms with Crippen molar-refractivity contribution in [2.24, 2.45) is 0 Å². The Kier molecular flexibility index (Phi) is 4.22. The SMILES string of the molecule is CSc1nc2ccc(NC(=O)Cc3ccccc3)cc2s1. The third-order valence-corrected chi connectivity index (χ3v) is 5.04. The van der Waals surface area contributed by atoms with Crippen LogP contribution in [-0.2, 0) is 11.2 Å². The summed E-state index contributed by atoms with van der Waals surface area (Å²) in [6.07, 6.45) is 2.40. The van der Waals surface area contributed by atoms with Crippen molar-refractivity contribution >= 4 is 44.9 Å². The number of carbonyl (C=O) groups is 1. The lowest BCUT2D eigenvalue weighted by molar-refractivity contribution is -0.115. The van der Waals surface area contributed by atoms with E-state index in [1.807, 2.05) is 54.8 Å². The number of benzene rings is 2. The summed E-state index contributed by atoms with van der Waals surface area (Å²) in [7, 11) is 0. The van der Waals surface area contributed by atoms with Crippen LogP contribution in [0.25, 0.3) is 10.2 Å². The second-order valence-electron chi connectivity index (χ2n) is 4.58. The van der Waals surface area contributed by atoms with Gasteiger partial charge in [-0.2, -0.15) is 0 Å². The Morgan fingerprint density at radius 2 is 2.05 bits per heavy atom. The van der Waals surface area contributed by atoms with Crippen LogP contribution in [0.5, 0.6) is 0 Å². The fourth-order valence-corrected chi connectivity index (χ4v) is 3.58. The molecule has 5 heteroatoms. The van der Waals surface area contributed by atoms with E-state index in [0.29, 0.717) is 6.42 Å². The van der Waals surface area contributed by atoms with E-state index >= 15 is 0 Å². The number of nitrogens with one attached hydrogen (secondary N) is 1. The number of rotatable bonds is 4. The van der Waals surface area contributed by atoms with E-state index in [4.69, 9.17) is 0 Å². The van der Waals surface area contributed by atoms with Crippen molar-refractivity contribution in [2.45, 2.75) is 10.8 Å². The highest BCUT2D eigenvalue weighted by atomic mass is 32.2. The number of anilines is 1. The molecule has 1 amide bonds. The van der Waals surface area contributed by atoms with Crippen molar-refractivity contribution in [3.05, 3.63) is 54.1 Å². The van der Waals surface area contributed by atoms with Gasteiger partial charge in [-0.1, -0.05) is 42.1 Å². The number of fused-ring (bicyclic) bond motifs is 1. The first-order valence-corrected chi connectivity index (χ1v) is 8.57. The molecule has 0 spiro atoms. The van der Waals surface area contributed by atoms with Crippen LogP contribution < -0.4 is 5.32 Å². The van der Waals surface area contributed by atoms with Gasteiger partial charge in [0.2, 0.25) is 5.91 Å². The molecular weight excluding hydrogens is 300 g/mol. The van der Waals surface area contributed by atoms with Gasteiger partial charge in [0.15, 0.2) is 4.34 Å². The second-order valence-corrected chi connectivity index (χ2v) is 6.66. The molecule has 0 aliphatic rings. The predicted octanol–water partition coefficient (Wildman–Crippen LogP) is 4.20. The standard InChI is InChI=1S/C16H14N2OS2/c1-20-16-18-13-8-7-12(10-14(13)21-16)17-15(19)9-11-5-3-2-4-6-11/h2-8,10H,9H2,1H3,(H,17,19). The molecule has 0 radical (unpaired) electrons. The maximum Gasteiger partial charge on any atom is 0.228 e. The molecule has 0 atom stereocenters. The second kappa shape index (κ2) is 6.28. The molecule has 0 fully saturated rings. The topological polar surface area (TPSA) is 42.0 Å². The van der Waals surface area contributed by atoms with E-state index < -0.39 is 0 Å². The number of thiazole rings is 1. The minimum atomic E-state index is -0.00449. The van der Waals surface area contributed by atoms with Crippen molar-refractivity contribution in [3.8, 4) is 0 Å². The van der Waals surface area contributed by atoms with E-state index in [1.165, 1.54) is 0 Å². The minimum Gasteiger partial charge on any atom is -0.326 e. The zero-order chi connectivity index (χ0) is 14.7. The lowest BCUT2D eigenvalue weighted by atomic mass is 10.1. The van der Waals surface area contributed by atoms with Gasteiger partial charge >= 0.3 is 0 Å². The Hall–Kier alpha value is -1.85. The van der Waals surface area contributed by atoms with Crippen molar-refractivity contribution < 1.29 is 4.79 Å². The third-order valence-electron chi connectivity index (χ3n) is 3.03. The molecule has 0 saturated carbocycles. The lowest BCUT2D eigenvalue weighted by Crippen LogP contribution is -2.14.